The lowest BCUT2D eigenvalue weighted by Crippen LogP contribution is -2.32. The molecular weight excluding hydrogens is 236 g/mol. The van der Waals surface area contributed by atoms with Crippen molar-refractivity contribution in [3.63, 3.8) is 0 Å². The number of aliphatic hydroxyl groups excluding tert-OH is 1. The summed E-state index contributed by atoms with van der Waals surface area (Å²) < 4.78 is 5.70. The lowest BCUT2D eigenvalue weighted by Gasteiger charge is -2.38. The van der Waals surface area contributed by atoms with E-state index in [1.165, 1.54) is 5.57 Å². The van der Waals surface area contributed by atoms with Crippen molar-refractivity contribution in [2.75, 3.05) is 0 Å². The molecule has 19 heavy (non-hydrogen) atoms. The molecule has 0 amide bonds. The summed E-state index contributed by atoms with van der Waals surface area (Å²) >= 11 is 0. The van der Waals surface area contributed by atoms with Crippen LogP contribution in [0.25, 0.3) is 0 Å². The fraction of sp³-hybridized carbons (Fsp3) is 0.647. The van der Waals surface area contributed by atoms with E-state index in [1.54, 1.807) is 0 Å². The van der Waals surface area contributed by atoms with Crippen molar-refractivity contribution in [1.82, 2.24) is 0 Å². The van der Waals surface area contributed by atoms with Crippen LogP contribution in [-0.4, -0.2) is 16.8 Å². The van der Waals surface area contributed by atoms with Crippen LogP contribution in [0.3, 0.4) is 0 Å². The molecule has 0 saturated carbocycles. The molecule has 1 aliphatic carbocycles. The highest BCUT2D eigenvalue weighted by atomic mass is 16.5. The van der Waals surface area contributed by atoms with Crippen LogP contribution >= 0.6 is 0 Å². The second-order valence-corrected chi connectivity index (χ2v) is 7.19. The van der Waals surface area contributed by atoms with Gasteiger partial charge in [-0.1, -0.05) is 38.2 Å². The molecule has 2 nitrogen and oxygen atoms in total. The molecule has 1 aliphatic rings. The molecule has 0 bridgehead atoms. The first kappa shape index (κ1) is 16.0. The Morgan fingerprint density at radius 1 is 1.47 bits per heavy atom. The molecule has 2 atom stereocenters. The van der Waals surface area contributed by atoms with E-state index in [9.17, 15) is 5.11 Å². The number of hydrogen-bond donors (Lipinski definition) is 1. The highest BCUT2D eigenvalue weighted by molar-refractivity contribution is 5.23. The minimum absolute atomic E-state index is 0.0523. The Morgan fingerprint density at radius 3 is 2.53 bits per heavy atom. The monoisotopic (exact) mass is 264 g/mol. The van der Waals surface area contributed by atoms with Crippen molar-refractivity contribution in [2.45, 2.75) is 59.7 Å². The fourth-order valence-electron chi connectivity index (χ4n) is 2.79. The van der Waals surface area contributed by atoms with E-state index in [1.807, 2.05) is 32.9 Å². The molecule has 1 N–H and O–H groups in total. The average molecular weight is 264 g/mol. The number of ether oxygens (including phenoxy) is 1. The van der Waals surface area contributed by atoms with Gasteiger partial charge in [-0.25, -0.2) is 0 Å². The van der Waals surface area contributed by atoms with Gasteiger partial charge in [0.2, 0.25) is 0 Å². The summed E-state index contributed by atoms with van der Waals surface area (Å²) in [7, 11) is 0. The summed E-state index contributed by atoms with van der Waals surface area (Å²) in [6, 6.07) is 0. The van der Waals surface area contributed by atoms with Gasteiger partial charge in [0, 0.05) is 5.92 Å². The van der Waals surface area contributed by atoms with Gasteiger partial charge in [0.1, 0.15) is 11.4 Å². The van der Waals surface area contributed by atoms with Crippen molar-refractivity contribution in [2.24, 2.45) is 11.3 Å². The first-order chi connectivity index (χ1) is 8.51. The topological polar surface area (TPSA) is 29.5 Å². The second-order valence-electron chi connectivity index (χ2n) is 7.19. The van der Waals surface area contributed by atoms with E-state index in [0.29, 0.717) is 11.7 Å². The molecule has 0 heterocycles. The first-order valence-corrected chi connectivity index (χ1v) is 6.94. The zero-order chi connectivity index (χ0) is 14.8. The molecule has 0 aromatic rings. The normalized spacial score (nSPS) is 27.2. The van der Waals surface area contributed by atoms with Gasteiger partial charge in [-0.05, 0) is 45.6 Å². The number of rotatable bonds is 3. The molecule has 0 aromatic heterocycles. The molecule has 0 aromatic carbocycles. The van der Waals surface area contributed by atoms with Gasteiger partial charge >= 0.3 is 0 Å². The highest BCUT2D eigenvalue weighted by Gasteiger charge is 2.34. The van der Waals surface area contributed by atoms with Gasteiger partial charge in [-0.2, -0.15) is 0 Å². The van der Waals surface area contributed by atoms with Crippen molar-refractivity contribution in [1.29, 1.82) is 0 Å². The van der Waals surface area contributed by atoms with Gasteiger partial charge in [0.05, 0.1) is 6.10 Å². The fourth-order valence-corrected chi connectivity index (χ4v) is 2.79. The molecule has 108 valence electrons. The van der Waals surface area contributed by atoms with Crippen LogP contribution in [-0.2, 0) is 4.74 Å². The molecule has 0 spiro atoms. The number of allylic oxidation sites excluding steroid dienone is 3. The zero-order valence-corrected chi connectivity index (χ0v) is 13.2. The third-order valence-corrected chi connectivity index (χ3v) is 3.43. The number of hydrogen-bond acceptors (Lipinski definition) is 2. The smallest absolute Gasteiger partial charge is 0.112 e. The number of aliphatic hydroxyl groups is 1. The Labute approximate surface area is 117 Å². The van der Waals surface area contributed by atoms with Crippen molar-refractivity contribution in [3.8, 4) is 0 Å². The summed E-state index contributed by atoms with van der Waals surface area (Å²) in [6.07, 6.45) is 6.51. The Hall–Kier alpha value is -1.02. The predicted molar refractivity (Wildman–Crippen MR) is 80.8 cm³/mol. The van der Waals surface area contributed by atoms with Crippen LogP contribution < -0.4 is 0 Å². The molecule has 1 rings (SSSR count). The zero-order valence-electron chi connectivity index (χ0n) is 13.2. The van der Waals surface area contributed by atoms with Crippen LogP contribution in [0.15, 0.2) is 36.1 Å². The van der Waals surface area contributed by atoms with E-state index in [-0.39, 0.29) is 17.1 Å². The average Bonchev–Trinajstić information content (AvgIpc) is 2.10. The maximum Gasteiger partial charge on any atom is 0.112 e. The summed E-state index contributed by atoms with van der Waals surface area (Å²) in [5.41, 5.74) is 1.05. The van der Waals surface area contributed by atoms with E-state index in [4.69, 9.17) is 4.74 Å². The van der Waals surface area contributed by atoms with Gasteiger partial charge in [0.15, 0.2) is 0 Å². The minimum Gasteiger partial charge on any atom is -0.489 e. The van der Waals surface area contributed by atoms with E-state index >= 15 is 0 Å². The van der Waals surface area contributed by atoms with Crippen molar-refractivity contribution < 1.29 is 9.84 Å². The SMILES string of the molecule is C=C(C=CC1C(C)=CC(O)CC1(C)C)OC(C)(C)C. The Kier molecular flexibility index (Phi) is 4.67. The third-order valence-electron chi connectivity index (χ3n) is 3.43. The van der Waals surface area contributed by atoms with Crippen LogP contribution in [0.5, 0.6) is 0 Å². The van der Waals surface area contributed by atoms with Crippen molar-refractivity contribution in [3.05, 3.63) is 36.1 Å². The molecule has 0 aliphatic heterocycles. The summed E-state index contributed by atoms with van der Waals surface area (Å²) in [5, 5.41) is 9.82. The molecule has 2 unspecified atom stereocenters. The second kappa shape index (κ2) is 5.54. The van der Waals surface area contributed by atoms with Gasteiger partial charge < -0.3 is 9.84 Å². The summed E-state index contributed by atoms with van der Waals surface area (Å²) in [5.74, 6) is 0.999. The Balaban J connectivity index is 2.80. The molecule has 0 fully saturated rings. The maximum atomic E-state index is 9.82. The largest absolute Gasteiger partial charge is 0.489 e. The lowest BCUT2D eigenvalue weighted by atomic mass is 9.68. The molecular formula is C17H28O2. The van der Waals surface area contributed by atoms with Crippen LogP contribution in [0.1, 0.15) is 48.0 Å². The Bertz CT molecular complexity index is 394. The van der Waals surface area contributed by atoms with Gasteiger partial charge in [-0.3, -0.25) is 0 Å². The first-order valence-electron chi connectivity index (χ1n) is 6.94. The highest BCUT2D eigenvalue weighted by Crippen LogP contribution is 2.41. The van der Waals surface area contributed by atoms with E-state index in [2.05, 4.69) is 33.4 Å². The van der Waals surface area contributed by atoms with Crippen molar-refractivity contribution >= 4 is 0 Å². The standard InChI is InChI=1S/C17H28O2/c1-12-10-14(18)11-17(6,7)15(12)9-8-13(2)19-16(3,4)5/h8-10,14-15,18H,2,11H2,1,3-7H3. The third kappa shape index (κ3) is 4.87. The van der Waals surface area contributed by atoms with E-state index in [0.717, 1.165) is 6.42 Å². The minimum atomic E-state index is -0.325. The van der Waals surface area contributed by atoms with Crippen LogP contribution in [0.2, 0.25) is 0 Å². The molecule has 0 radical (unpaired) electrons. The Morgan fingerprint density at radius 2 is 2.05 bits per heavy atom. The predicted octanol–water partition coefficient (Wildman–Crippen LogP) is 4.22. The summed E-state index contributed by atoms with van der Waals surface area (Å²) in [4.78, 5) is 0. The molecule has 0 saturated heterocycles. The molecule has 2 heteroatoms. The van der Waals surface area contributed by atoms with Crippen LogP contribution in [0, 0.1) is 11.3 Å². The van der Waals surface area contributed by atoms with Crippen LogP contribution in [0.4, 0.5) is 0 Å². The summed E-state index contributed by atoms with van der Waals surface area (Å²) in [6.45, 7) is 16.4. The quantitative estimate of drug-likeness (QED) is 0.470. The maximum absolute atomic E-state index is 9.82. The van der Waals surface area contributed by atoms with Gasteiger partial charge in [-0.15, -0.1) is 0 Å². The van der Waals surface area contributed by atoms with E-state index < -0.39 is 0 Å². The lowest BCUT2D eigenvalue weighted by molar-refractivity contribution is 0.0606. The van der Waals surface area contributed by atoms with Gasteiger partial charge in [0.25, 0.3) is 0 Å².